The van der Waals surface area contributed by atoms with Crippen LogP contribution in [0.4, 0.5) is 10.1 Å². The zero-order valence-corrected chi connectivity index (χ0v) is 11.7. The Hall–Kier alpha value is -1.67. The van der Waals surface area contributed by atoms with Crippen molar-refractivity contribution >= 4 is 21.6 Å². The molecule has 0 saturated carbocycles. The van der Waals surface area contributed by atoms with E-state index in [9.17, 15) is 17.6 Å². The zero-order chi connectivity index (χ0) is 14.8. The number of carbonyl (C=O) groups is 1. The van der Waals surface area contributed by atoms with E-state index in [2.05, 4.69) is 0 Å². The van der Waals surface area contributed by atoms with Crippen LogP contribution in [-0.4, -0.2) is 51.2 Å². The predicted molar refractivity (Wildman–Crippen MR) is 69.3 cm³/mol. The van der Waals surface area contributed by atoms with Crippen molar-refractivity contribution < 1.29 is 17.6 Å². The van der Waals surface area contributed by atoms with Crippen molar-refractivity contribution in [3.05, 3.63) is 24.0 Å². The number of sulfonamides is 1. The molecule has 8 heteroatoms. The lowest BCUT2D eigenvalue weighted by molar-refractivity contribution is -0.128. The van der Waals surface area contributed by atoms with Crippen LogP contribution in [0.1, 0.15) is 0 Å². The Morgan fingerprint density at radius 1 is 1.32 bits per heavy atom. The lowest BCUT2D eigenvalue weighted by Crippen LogP contribution is -2.37. The molecule has 0 heterocycles. The number of nitrogens with two attached hydrogens (primary N) is 1. The van der Waals surface area contributed by atoms with Gasteiger partial charge in [-0.1, -0.05) is 0 Å². The van der Waals surface area contributed by atoms with E-state index in [1.54, 1.807) is 0 Å². The number of halogens is 1. The lowest BCUT2D eigenvalue weighted by atomic mass is 10.3. The molecule has 2 N–H and O–H groups in total. The maximum absolute atomic E-state index is 13.0. The van der Waals surface area contributed by atoms with Crippen LogP contribution in [0.25, 0.3) is 0 Å². The van der Waals surface area contributed by atoms with Gasteiger partial charge in [-0.05, 0) is 18.2 Å². The number of rotatable bonds is 4. The Morgan fingerprint density at radius 3 is 2.37 bits per heavy atom. The number of benzene rings is 1. The van der Waals surface area contributed by atoms with E-state index < -0.39 is 15.8 Å². The number of likely N-dealkylation sites (N-methyl/N-ethyl adjacent to an activating group) is 2. The molecular weight excluding hydrogens is 273 g/mol. The first kappa shape index (κ1) is 15.4. The van der Waals surface area contributed by atoms with Gasteiger partial charge < -0.3 is 10.6 Å². The molecule has 0 atom stereocenters. The van der Waals surface area contributed by atoms with Gasteiger partial charge in [-0.3, -0.25) is 4.79 Å². The number of hydrogen-bond donors (Lipinski definition) is 1. The molecule has 0 aliphatic rings. The molecule has 6 nitrogen and oxygen atoms in total. The summed E-state index contributed by atoms with van der Waals surface area (Å²) in [6.07, 6.45) is 0. The second-order valence-electron chi connectivity index (χ2n) is 4.23. The number of amides is 1. The van der Waals surface area contributed by atoms with E-state index in [-0.39, 0.29) is 23.0 Å². The average Bonchev–Trinajstić information content (AvgIpc) is 2.32. The van der Waals surface area contributed by atoms with Crippen LogP contribution in [0.5, 0.6) is 0 Å². The number of anilines is 1. The Morgan fingerprint density at radius 2 is 1.89 bits per heavy atom. The van der Waals surface area contributed by atoms with Gasteiger partial charge in [0.05, 0.1) is 17.1 Å². The molecule has 0 aliphatic carbocycles. The second-order valence-corrected chi connectivity index (χ2v) is 6.28. The van der Waals surface area contributed by atoms with E-state index in [0.29, 0.717) is 0 Å². The first-order chi connectivity index (χ1) is 8.66. The SMILES string of the molecule is CN(C)C(=O)CN(C)S(=O)(=O)c1ccc(F)c(N)c1. The summed E-state index contributed by atoms with van der Waals surface area (Å²) in [5.41, 5.74) is 5.08. The van der Waals surface area contributed by atoms with Crippen LogP contribution >= 0.6 is 0 Å². The molecule has 0 aliphatic heterocycles. The number of nitrogen functional groups attached to an aromatic ring is 1. The molecular formula is C11H16FN3O3S. The van der Waals surface area contributed by atoms with Crippen molar-refractivity contribution in [2.75, 3.05) is 33.4 Å². The fraction of sp³-hybridized carbons (Fsp3) is 0.364. The molecule has 0 bridgehead atoms. The number of carbonyl (C=O) groups excluding carboxylic acids is 1. The minimum atomic E-state index is -3.87. The smallest absolute Gasteiger partial charge is 0.243 e. The van der Waals surface area contributed by atoms with Gasteiger partial charge in [-0.2, -0.15) is 4.31 Å². The Balaban J connectivity index is 3.03. The van der Waals surface area contributed by atoms with Gasteiger partial charge in [0.1, 0.15) is 5.82 Å². The van der Waals surface area contributed by atoms with E-state index in [0.717, 1.165) is 22.5 Å². The van der Waals surface area contributed by atoms with Gasteiger partial charge in [0, 0.05) is 21.1 Å². The molecule has 0 fully saturated rings. The van der Waals surface area contributed by atoms with Gasteiger partial charge in [0.25, 0.3) is 0 Å². The minimum Gasteiger partial charge on any atom is -0.396 e. The second kappa shape index (κ2) is 5.54. The van der Waals surface area contributed by atoms with Crippen molar-refractivity contribution in [1.82, 2.24) is 9.21 Å². The van der Waals surface area contributed by atoms with E-state index in [1.807, 2.05) is 0 Å². The number of nitrogens with zero attached hydrogens (tertiary/aromatic N) is 2. The van der Waals surface area contributed by atoms with E-state index in [4.69, 9.17) is 5.73 Å². The summed E-state index contributed by atoms with van der Waals surface area (Å²) in [7, 11) is 0.459. The molecule has 0 spiro atoms. The summed E-state index contributed by atoms with van der Waals surface area (Å²) in [5, 5.41) is 0. The highest BCUT2D eigenvalue weighted by atomic mass is 32.2. The Labute approximate surface area is 111 Å². The van der Waals surface area contributed by atoms with Gasteiger partial charge in [-0.15, -0.1) is 0 Å². The highest BCUT2D eigenvalue weighted by Crippen LogP contribution is 2.19. The van der Waals surface area contributed by atoms with Crippen molar-refractivity contribution in [2.24, 2.45) is 0 Å². The summed E-state index contributed by atoms with van der Waals surface area (Å²) < 4.78 is 38.2. The third kappa shape index (κ3) is 3.42. The summed E-state index contributed by atoms with van der Waals surface area (Å²) in [5.74, 6) is -1.05. The molecule has 106 valence electrons. The molecule has 0 saturated heterocycles. The fourth-order valence-corrected chi connectivity index (χ4v) is 2.44. The fourth-order valence-electron chi connectivity index (χ4n) is 1.28. The highest BCUT2D eigenvalue weighted by Gasteiger charge is 2.24. The van der Waals surface area contributed by atoms with E-state index >= 15 is 0 Å². The van der Waals surface area contributed by atoms with E-state index in [1.165, 1.54) is 26.0 Å². The average molecular weight is 289 g/mol. The quantitative estimate of drug-likeness (QED) is 0.798. The Bertz CT molecular complexity index is 587. The largest absolute Gasteiger partial charge is 0.396 e. The van der Waals surface area contributed by atoms with Gasteiger partial charge in [0.15, 0.2) is 0 Å². The molecule has 0 radical (unpaired) electrons. The van der Waals surface area contributed by atoms with Crippen LogP contribution in [0.3, 0.4) is 0 Å². The summed E-state index contributed by atoms with van der Waals surface area (Å²) in [6.45, 7) is -0.299. The van der Waals surface area contributed by atoms with Crippen molar-refractivity contribution in [2.45, 2.75) is 4.90 Å². The van der Waals surface area contributed by atoms with Gasteiger partial charge >= 0.3 is 0 Å². The maximum Gasteiger partial charge on any atom is 0.243 e. The molecule has 0 aromatic heterocycles. The zero-order valence-electron chi connectivity index (χ0n) is 10.9. The minimum absolute atomic E-state index is 0.152. The molecule has 1 aromatic carbocycles. The summed E-state index contributed by atoms with van der Waals surface area (Å²) in [6, 6.07) is 3.11. The Kier molecular flexibility index (Phi) is 4.48. The van der Waals surface area contributed by atoms with Gasteiger partial charge in [-0.25, -0.2) is 12.8 Å². The van der Waals surface area contributed by atoms with Crippen LogP contribution in [0, 0.1) is 5.82 Å². The summed E-state index contributed by atoms with van der Waals surface area (Å²) >= 11 is 0. The molecule has 1 rings (SSSR count). The van der Waals surface area contributed by atoms with Crippen LogP contribution in [-0.2, 0) is 14.8 Å². The molecule has 1 amide bonds. The predicted octanol–water partition coefficient (Wildman–Crippen LogP) is 0.117. The normalized spacial score (nSPS) is 11.6. The lowest BCUT2D eigenvalue weighted by Gasteiger charge is -2.19. The highest BCUT2D eigenvalue weighted by molar-refractivity contribution is 7.89. The first-order valence-corrected chi connectivity index (χ1v) is 6.81. The van der Waals surface area contributed by atoms with Crippen LogP contribution in [0.2, 0.25) is 0 Å². The first-order valence-electron chi connectivity index (χ1n) is 5.37. The van der Waals surface area contributed by atoms with Crippen LogP contribution < -0.4 is 5.73 Å². The van der Waals surface area contributed by atoms with Crippen LogP contribution in [0.15, 0.2) is 23.1 Å². The monoisotopic (exact) mass is 289 g/mol. The standard InChI is InChI=1S/C11H16FN3O3S/c1-14(2)11(16)7-15(3)19(17,18)8-4-5-9(12)10(13)6-8/h4-6H,7,13H2,1-3H3. The van der Waals surface area contributed by atoms with Gasteiger partial charge in [0.2, 0.25) is 15.9 Å². The van der Waals surface area contributed by atoms with Crippen molar-refractivity contribution in [3.8, 4) is 0 Å². The summed E-state index contributed by atoms with van der Waals surface area (Å²) in [4.78, 5) is 12.6. The third-order valence-electron chi connectivity index (χ3n) is 2.53. The molecule has 19 heavy (non-hydrogen) atoms. The topological polar surface area (TPSA) is 83.7 Å². The third-order valence-corrected chi connectivity index (χ3v) is 4.33. The molecule has 0 unspecified atom stereocenters. The molecule has 1 aromatic rings. The van der Waals surface area contributed by atoms with Crippen molar-refractivity contribution in [3.63, 3.8) is 0 Å². The number of hydrogen-bond acceptors (Lipinski definition) is 4. The van der Waals surface area contributed by atoms with Crippen molar-refractivity contribution in [1.29, 1.82) is 0 Å². The maximum atomic E-state index is 13.0.